The van der Waals surface area contributed by atoms with E-state index in [1.807, 2.05) is 0 Å². The van der Waals surface area contributed by atoms with Crippen LogP contribution in [0.1, 0.15) is 25.7 Å². The maximum absolute atomic E-state index is 10.8. The Morgan fingerprint density at radius 2 is 2.07 bits per heavy atom. The Bertz CT molecular complexity index is 233. The standard InChI is InChI=1S/C11H18N2O/c1-12-11(14)7-3-6-10-13-8-4-2-5-9-13/h2,4-6,8-10H2,1H3,(H,12,14). The van der Waals surface area contributed by atoms with E-state index in [-0.39, 0.29) is 5.91 Å². The molecule has 0 aromatic carbocycles. The van der Waals surface area contributed by atoms with Gasteiger partial charge in [0.1, 0.15) is 0 Å². The lowest BCUT2D eigenvalue weighted by atomic mass is 10.1. The van der Waals surface area contributed by atoms with Crippen LogP contribution in [0.25, 0.3) is 0 Å². The monoisotopic (exact) mass is 194 g/mol. The van der Waals surface area contributed by atoms with Gasteiger partial charge in [-0.1, -0.05) is 12.3 Å². The van der Waals surface area contributed by atoms with Crippen molar-refractivity contribution in [3.63, 3.8) is 0 Å². The summed E-state index contributed by atoms with van der Waals surface area (Å²) in [6.07, 6.45) is 4.78. The van der Waals surface area contributed by atoms with E-state index in [2.05, 4.69) is 22.1 Å². The van der Waals surface area contributed by atoms with Crippen LogP contribution in [0.15, 0.2) is 0 Å². The van der Waals surface area contributed by atoms with Gasteiger partial charge in [0.05, 0.1) is 0 Å². The van der Waals surface area contributed by atoms with Crippen LogP contribution in [0, 0.1) is 11.8 Å². The Morgan fingerprint density at radius 3 is 2.71 bits per heavy atom. The number of carbonyl (C=O) groups is 1. The van der Waals surface area contributed by atoms with Crippen LogP contribution in [0.2, 0.25) is 0 Å². The van der Waals surface area contributed by atoms with Crippen LogP contribution < -0.4 is 5.32 Å². The molecule has 1 amide bonds. The summed E-state index contributed by atoms with van der Waals surface area (Å²) in [7, 11) is 1.60. The number of piperidine rings is 1. The normalized spacial score (nSPS) is 16.9. The minimum atomic E-state index is -0.191. The molecule has 0 bridgehead atoms. The van der Waals surface area contributed by atoms with Gasteiger partial charge in [0, 0.05) is 20.0 Å². The molecule has 1 saturated heterocycles. The first-order chi connectivity index (χ1) is 6.83. The topological polar surface area (TPSA) is 32.3 Å². The van der Waals surface area contributed by atoms with Crippen molar-refractivity contribution in [3.8, 4) is 11.8 Å². The maximum atomic E-state index is 10.8. The van der Waals surface area contributed by atoms with E-state index < -0.39 is 0 Å². The highest BCUT2D eigenvalue weighted by atomic mass is 16.1. The summed E-state index contributed by atoms with van der Waals surface area (Å²) >= 11 is 0. The van der Waals surface area contributed by atoms with Gasteiger partial charge in [-0.3, -0.25) is 4.79 Å². The number of rotatable bonds is 2. The lowest BCUT2D eigenvalue weighted by molar-refractivity contribution is -0.115. The zero-order valence-electron chi connectivity index (χ0n) is 8.81. The molecule has 3 heteroatoms. The predicted octanol–water partition coefficient (Wildman–Crippen LogP) is 0.612. The third-order valence-corrected chi connectivity index (χ3v) is 2.43. The van der Waals surface area contributed by atoms with Crippen molar-refractivity contribution in [1.29, 1.82) is 0 Å². The fourth-order valence-corrected chi connectivity index (χ4v) is 1.60. The van der Waals surface area contributed by atoms with Crippen molar-refractivity contribution in [2.75, 3.05) is 26.7 Å². The Balaban J connectivity index is 2.12. The molecular formula is C11H18N2O. The van der Waals surface area contributed by atoms with E-state index in [1.165, 1.54) is 32.4 Å². The second-order valence-corrected chi connectivity index (χ2v) is 3.53. The summed E-state index contributed by atoms with van der Waals surface area (Å²) in [5.41, 5.74) is 0. The Labute approximate surface area is 85.9 Å². The summed E-state index contributed by atoms with van der Waals surface area (Å²) < 4.78 is 0. The zero-order chi connectivity index (χ0) is 10.2. The molecule has 3 nitrogen and oxygen atoms in total. The molecule has 0 spiro atoms. The van der Waals surface area contributed by atoms with E-state index in [1.54, 1.807) is 7.05 Å². The first-order valence-corrected chi connectivity index (χ1v) is 5.26. The summed E-state index contributed by atoms with van der Waals surface area (Å²) in [4.78, 5) is 13.2. The van der Waals surface area contributed by atoms with Gasteiger partial charge >= 0.3 is 0 Å². The van der Waals surface area contributed by atoms with Crippen molar-refractivity contribution < 1.29 is 4.79 Å². The largest absolute Gasteiger partial charge is 0.348 e. The molecule has 1 aliphatic rings. The van der Waals surface area contributed by atoms with E-state index >= 15 is 0 Å². The molecule has 0 aromatic rings. The highest BCUT2D eigenvalue weighted by Gasteiger charge is 2.07. The molecule has 0 radical (unpaired) electrons. The fourth-order valence-electron chi connectivity index (χ4n) is 1.60. The summed E-state index contributed by atoms with van der Waals surface area (Å²) in [6, 6.07) is 0. The number of hydrogen-bond donors (Lipinski definition) is 1. The van der Waals surface area contributed by atoms with Gasteiger partial charge in [-0.25, -0.2) is 0 Å². The van der Waals surface area contributed by atoms with Crippen molar-refractivity contribution >= 4 is 5.91 Å². The first kappa shape index (κ1) is 11.1. The van der Waals surface area contributed by atoms with E-state index in [0.717, 1.165) is 13.0 Å². The van der Waals surface area contributed by atoms with Crippen LogP contribution >= 0.6 is 0 Å². The Kier molecular flexibility index (Phi) is 5.09. The van der Waals surface area contributed by atoms with Crippen LogP contribution in [-0.4, -0.2) is 37.5 Å². The predicted molar refractivity (Wildman–Crippen MR) is 56.8 cm³/mol. The molecule has 0 atom stereocenters. The smallest absolute Gasteiger partial charge is 0.295 e. The number of amides is 1. The quantitative estimate of drug-likeness (QED) is 0.653. The number of nitrogens with one attached hydrogen (secondary N) is 1. The molecule has 1 rings (SSSR count). The van der Waals surface area contributed by atoms with Crippen LogP contribution in [0.4, 0.5) is 0 Å². The second kappa shape index (κ2) is 6.44. The van der Waals surface area contributed by atoms with E-state index in [9.17, 15) is 4.79 Å². The van der Waals surface area contributed by atoms with Gasteiger partial charge in [-0.15, -0.1) is 0 Å². The van der Waals surface area contributed by atoms with E-state index in [4.69, 9.17) is 0 Å². The van der Waals surface area contributed by atoms with Crippen LogP contribution in [0.5, 0.6) is 0 Å². The van der Waals surface area contributed by atoms with Gasteiger partial charge < -0.3 is 10.2 Å². The number of hydrogen-bond acceptors (Lipinski definition) is 2. The average Bonchev–Trinajstić information content (AvgIpc) is 2.25. The third-order valence-electron chi connectivity index (χ3n) is 2.43. The summed E-state index contributed by atoms with van der Waals surface area (Å²) in [6.45, 7) is 3.40. The molecule has 14 heavy (non-hydrogen) atoms. The number of nitrogens with zero attached hydrogens (tertiary/aromatic N) is 1. The SMILES string of the molecule is CNC(=O)C#CCCN1CCCCC1. The van der Waals surface area contributed by atoms with Crippen molar-refractivity contribution in [1.82, 2.24) is 10.2 Å². The number of carbonyl (C=O) groups excluding carboxylic acids is 1. The van der Waals surface area contributed by atoms with Gasteiger partial charge in [-0.05, 0) is 31.9 Å². The van der Waals surface area contributed by atoms with Gasteiger partial charge in [0.25, 0.3) is 5.91 Å². The minimum absolute atomic E-state index is 0.191. The molecule has 0 aromatic heterocycles. The van der Waals surface area contributed by atoms with E-state index in [0.29, 0.717) is 0 Å². The molecule has 0 aliphatic carbocycles. The summed E-state index contributed by atoms with van der Waals surface area (Å²) in [5, 5.41) is 2.48. The zero-order valence-corrected chi connectivity index (χ0v) is 8.81. The highest BCUT2D eigenvalue weighted by molar-refractivity contribution is 5.93. The Morgan fingerprint density at radius 1 is 1.36 bits per heavy atom. The Hall–Kier alpha value is -1.01. The minimum Gasteiger partial charge on any atom is -0.348 e. The molecule has 1 N–H and O–H groups in total. The van der Waals surface area contributed by atoms with Gasteiger partial charge in [0.15, 0.2) is 0 Å². The van der Waals surface area contributed by atoms with Crippen LogP contribution in [-0.2, 0) is 4.79 Å². The molecule has 0 saturated carbocycles. The molecule has 1 fully saturated rings. The molecule has 1 aliphatic heterocycles. The maximum Gasteiger partial charge on any atom is 0.295 e. The lowest BCUT2D eigenvalue weighted by Crippen LogP contribution is -2.30. The third kappa shape index (κ3) is 4.29. The van der Waals surface area contributed by atoms with Gasteiger partial charge in [-0.2, -0.15) is 0 Å². The van der Waals surface area contributed by atoms with Gasteiger partial charge in [0.2, 0.25) is 0 Å². The molecule has 0 unspecified atom stereocenters. The highest BCUT2D eigenvalue weighted by Crippen LogP contribution is 2.08. The fraction of sp³-hybridized carbons (Fsp3) is 0.727. The van der Waals surface area contributed by atoms with Crippen molar-refractivity contribution in [2.24, 2.45) is 0 Å². The molecule has 1 heterocycles. The first-order valence-electron chi connectivity index (χ1n) is 5.26. The van der Waals surface area contributed by atoms with Crippen molar-refractivity contribution in [2.45, 2.75) is 25.7 Å². The number of likely N-dealkylation sites (tertiary alicyclic amines) is 1. The molecule has 78 valence electrons. The second-order valence-electron chi connectivity index (χ2n) is 3.53. The summed E-state index contributed by atoms with van der Waals surface area (Å²) in [5.74, 6) is 5.23. The molecular weight excluding hydrogens is 176 g/mol. The average molecular weight is 194 g/mol. The van der Waals surface area contributed by atoms with Crippen molar-refractivity contribution in [3.05, 3.63) is 0 Å². The lowest BCUT2D eigenvalue weighted by Gasteiger charge is -2.25. The van der Waals surface area contributed by atoms with Crippen LogP contribution in [0.3, 0.4) is 0 Å².